The number of imide groups is 1. The predicted octanol–water partition coefficient (Wildman–Crippen LogP) is 2.30. The smallest absolute Gasteiger partial charge is 0.306 e. The molecule has 0 saturated heterocycles. The minimum absolute atomic E-state index is 0.303. The number of carboxylic acids is 1. The number of rotatable bonds is 2. The van der Waals surface area contributed by atoms with E-state index in [1.807, 2.05) is 0 Å². The normalized spacial score (nSPS) is 25.1. The number of benzene rings is 1. The molecular formula is C14H12BrNO4. The fourth-order valence-corrected chi connectivity index (χ4v) is 3.34. The van der Waals surface area contributed by atoms with Gasteiger partial charge in [-0.2, -0.15) is 0 Å². The first kappa shape index (κ1) is 13.3. The Morgan fingerprint density at radius 2 is 1.90 bits per heavy atom. The second-order valence-electron chi connectivity index (χ2n) is 5.17. The molecule has 2 amide bonds. The van der Waals surface area contributed by atoms with Crippen molar-refractivity contribution in [1.82, 2.24) is 4.90 Å². The quantitative estimate of drug-likeness (QED) is 0.840. The molecular weight excluding hydrogens is 326 g/mol. The number of halogens is 1. The largest absolute Gasteiger partial charge is 0.481 e. The zero-order chi connectivity index (χ0) is 14.4. The zero-order valence-corrected chi connectivity index (χ0v) is 12.1. The third-order valence-electron chi connectivity index (χ3n) is 4.00. The summed E-state index contributed by atoms with van der Waals surface area (Å²) >= 11 is 3.28. The highest BCUT2D eigenvalue weighted by Crippen LogP contribution is 2.35. The molecule has 6 heteroatoms. The van der Waals surface area contributed by atoms with E-state index in [1.165, 1.54) is 4.90 Å². The molecule has 1 aliphatic heterocycles. The van der Waals surface area contributed by atoms with E-state index in [0.29, 0.717) is 30.4 Å². The molecule has 20 heavy (non-hydrogen) atoms. The number of fused-ring (bicyclic) bond motifs is 1. The second-order valence-corrected chi connectivity index (χ2v) is 6.09. The Labute approximate surface area is 123 Å². The summed E-state index contributed by atoms with van der Waals surface area (Å²) in [6, 6.07) is 4.69. The van der Waals surface area contributed by atoms with Crippen molar-refractivity contribution >= 4 is 33.7 Å². The molecule has 0 aromatic heterocycles. The Morgan fingerprint density at radius 3 is 2.55 bits per heavy atom. The van der Waals surface area contributed by atoms with Crippen LogP contribution in [-0.4, -0.2) is 33.8 Å². The van der Waals surface area contributed by atoms with E-state index in [1.54, 1.807) is 18.2 Å². The van der Waals surface area contributed by atoms with Crippen LogP contribution >= 0.6 is 15.9 Å². The number of carbonyl (C=O) groups excluding carboxylic acids is 2. The molecule has 104 valence electrons. The zero-order valence-electron chi connectivity index (χ0n) is 10.5. The number of carbonyl (C=O) groups is 3. The predicted molar refractivity (Wildman–Crippen MR) is 73.4 cm³/mol. The first-order valence-electron chi connectivity index (χ1n) is 6.39. The van der Waals surface area contributed by atoms with Crippen molar-refractivity contribution in [1.29, 1.82) is 0 Å². The van der Waals surface area contributed by atoms with E-state index in [2.05, 4.69) is 15.9 Å². The van der Waals surface area contributed by atoms with Gasteiger partial charge in [-0.1, -0.05) is 15.9 Å². The van der Waals surface area contributed by atoms with Crippen LogP contribution in [0, 0.1) is 5.92 Å². The molecule has 2 atom stereocenters. The Kier molecular flexibility index (Phi) is 3.12. The summed E-state index contributed by atoms with van der Waals surface area (Å²) < 4.78 is 0.745. The Hall–Kier alpha value is -1.69. The lowest BCUT2D eigenvalue weighted by molar-refractivity contribution is -0.141. The maximum Gasteiger partial charge on any atom is 0.306 e. The molecule has 0 radical (unpaired) electrons. The molecule has 1 saturated carbocycles. The van der Waals surface area contributed by atoms with Crippen molar-refractivity contribution < 1.29 is 19.5 Å². The first-order valence-corrected chi connectivity index (χ1v) is 7.18. The molecule has 1 aromatic rings. The summed E-state index contributed by atoms with van der Waals surface area (Å²) in [6.45, 7) is 0. The van der Waals surface area contributed by atoms with E-state index >= 15 is 0 Å². The van der Waals surface area contributed by atoms with Gasteiger partial charge in [-0.15, -0.1) is 0 Å². The van der Waals surface area contributed by atoms with E-state index in [0.717, 1.165) is 4.47 Å². The summed E-state index contributed by atoms with van der Waals surface area (Å²) in [6.07, 6.45) is 1.42. The summed E-state index contributed by atoms with van der Waals surface area (Å²) in [4.78, 5) is 36.9. The van der Waals surface area contributed by atoms with Gasteiger partial charge in [0.2, 0.25) is 0 Å². The van der Waals surface area contributed by atoms with Gasteiger partial charge in [-0.25, -0.2) is 0 Å². The number of aliphatic carboxylic acids is 1. The first-order chi connectivity index (χ1) is 9.49. The van der Waals surface area contributed by atoms with Crippen LogP contribution in [0.4, 0.5) is 0 Å². The molecule has 1 N–H and O–H groups in total. The Balaban J connectivity index is 1.89. The van der Waals surface area contributed by atoms with Crippen LogP contribution in [0.1, 0.15) is 40.0 Å². The van der Waals surface area contributed by atoms with Gasteiger partial charge in [0.05, 0.1) is 17.0 Å². The van der Waals surface area contributed by atoms with Crippen LogP contribution in [0.2, 0.25) is 0 Å². The summed E-state index contributed by atoms with van der Waals surface area (Å²) in [5, 5.41) is 9.02. The fraction of sp³-hybridized carbons (Fsp3) is 0.357. The van der Waals surface area contributed by atoms with E-state index in [9.17, 15) is 14.4 Å². The lowest BCUT2D eigenvalue weighted by Crippen LogP contribution is -2.38. The minimum atomic E-state index is -0.855. The highest BCUT2D eigenvalue weighted by molar-refractivity contribution is 9.10. The molecule has 0 bridgehead atoms. The van der Waals surface area contributed by atoms with Crippen LogP contribution in [0.3, 0.4) is 0 Å². The molecule has 0 spiro atoms. The maximum atomic E-state index is 12.4. The Bertz CT molecular complexity index is 628. The van der Waals surface area contributed by atoms with Gasteiger partial charge < -0.3 is 5.11 Å². The van der Waals surface area contributed by atoms with Crippen molar-refractivity contribution in [3.8, 4) is 0 Å². The van der Waals surface area contributed by atoms with E-state index < -0.39 is 11.9 Å². The highest BCUT2D eigenvalue weighted by atomic mass is 79.9. The van der Waals surface area contributed by atoms with Crippen LogP contribution in [0.5, 0.6) is 0 Å². The van der Waals surface area contributed by atoms with Crippen molar-refractivity contribution in [2.45, 2.75) is 25.3 Å². The van der Waals surface area contributed by atoms with Gasteiger partial charge in [0.1, 0.15) is 0 Å². The average molecular weight is 338 g/mol. The average Bonchev–Trinajstić information content (AvgIpc) is 2.95. The highest BCUT2D eigenvalue weighted by Gasteiger charge is 2.43. The SMILES string of the molecule is O=C(O)[C@@H]1CC[C@H](N2C(=O)c3ccc(Br)cc3C2=O)C1. The summed E-state index contributed by atoms with van der Waals surface area (Å²) in [5.74, 6) is -1.95. The number of hydrogen-bond acceptors (Lipinski definition) is 3. The molecule has 5 nitrogen and oxygen atoms in total. The third-order valence-corrected chi connectivity index (χ3v) is 4.49. The monoisotopic (exact) mass is 337 g/mol. The summed E-state index contributed by atoms with van der Waals surface area (Å²) in [5.41, 5.74) is 0.792. The van der Waals surface area contributed by atoms with Crippen molar-refractivity contribution in [2.24, 2.45) is 5.92 Å². The molecule has 3 rings (SSSR count). The topological polar surface area (TPSA) is 74.7 Å². The number of carboxylic acid groups (broad SMARTS) is 1. The molecule has 2 aliphatic rings. The van der Waals surface area contributed by atoms with Gasteiger partial charge >= 0.3 is 5.97 Å². The van der Waals surface area contributed by atoms with Crippen LogP contribution < -0.4 is 0 Å². The molecule has 1 aliphatic carbocycles. The lowest BCUT2D eigenvalue weighted by Gasteiger charge is -2.21. The van der Waals surface area contributed by atoms with Crippen LogP contribution in [0.15, 0.2) is 22.7 Å². The van der Waals surface area contributed by atoms with Gasteiger partial charge in [0.15, 0.2) is 0 Å². The molecule has 1 fully saturated rings. The van der Waals surface area contributed by atoms with Crippen molar-refractivity contribution in [3.63, 3.8) is 0 Å². The second kappa shape index (κ2) is 4.70. The lowest BCUT2D eigenvalue weighted by atomic mass is 10.1. The number of nitrogens with zero attached hydrogens (tertiary/aromatic N) is 1. The third kappa shape index (κ3) is 1.95. The van der Waals surface area contributed by atoms with Crippen molar-refractivity contribution in [3.05, 3.63) is 33.8 Å². The summed E-state index contributed by atoms with van der Waals surface area (Å²) in [7, 11) is 0. The number of hydrogen-bond donors (Lipinski definition) is 1. The van der Waals surface area contributed by atoms with E-state index in [4.69, 9.17) is 5.11 Å². The standard InChI is InChI=1S/C14H12BrNO4/c15-8-2-4-10-11(6-8)13(18)16(12(10)17)9-3-1-7(5-9)14(19)20/h2,4,6-7,9H,1,3,5H2,(H,19,20)/t7-,9+/m1/s1. The van der Waals surface area contributed by atoms with Gasteiger partial charge in [0.25, 0.3) is 11.8 Å². The van der Waals surface area contributed by atoms with Gasteiger partial charge in [0, 0.05) is 10.5 Å². The van der Waals surface area contributed by atoms with Crippen LogP contribution in [0.25, 0.3) is 0 Å². The fourth-order valence-electron chi connectivity index (χ4n) is 2.98. The van der Waals surface area contributed by atoms with Gasteiger partial charge in [-0.3, -0.25) is 19.3 Å². The minimum Gasteiger partial charge on any atom is -0.481 e. The molecule has 1 heterocycles. The van der Waals surface area contributed by atoms with Crippen LogP contribution in [-0.2, 0) is 4.79 Å². The van der Waals surface area contributed by atoms with Crippen molar-refractivity contribution in [2.75, 3.05) is 0 Å². The maximum absolute atomic E-state index is 12.4. The molecule has 1 aromatic carbocycles. The van der Waals surface area contributed by atoms with E-state index in [-0.39, 0.29) is 17.9 Å². The number of amides is 2. The van der Waals surface area contributed by atoms with Gasteiger partial charge in [-0.05, 0) is 37.5 Å². The molecule has 0 unspecified atom stereocenters. The Morgan fingerprint density at radius 1 is 1.20 bits per heavy atom.